The molecule has 0 aromatic heterocycles. The lowest BCUT2D eigenvalue weighted by Crippen LogP contribution is -2.53. The standard InChI is InChI=1S/C15H31N3O/c1-4-16-15(12-19)6-5-14(11-15)18-9-7-17(8-10-18)13(2)3/h13-14,16,19H,4-12H2,1-3H3. The number of aliphatic hydroxyl groups excluding tert-OH is 1. The molecule has 0 radical (unpaired) electrons. The van der Waals surface area contributed by atoms with Crippen molar-refractivity contribution in [3.63, 3.8) is 0 Å². The van der Waals surface area contributed by atoms with Gasteiger partial charge >= 0.3 is 0 Å². The molecule has 1 saturated carbocycles. The average molecular weight is 269 g/mol. The second kappa shape index (κ2) is 6.53. The van der Waals surface area contributed by atoms with Gasteiger partial charge in [-0.1, -0.05) is 6.92 Å². The van der Waals surface area contributed by atoms with Gasteiger partial charge in [0.1, 0.15) is 0 Å². The third-order valence-corrected chi connectivity index (χ3v) is 5.03. The zero-order valence-electron chi connectivity index (χ0n) is 12.9. The Morgan fingerprint density at radius 3 is 2.47 bits per heavy atom. The highest BCUT2D eigenvalue weighted by molar-refractivity contribution is 5.00. The van der Waals surface area contributed by atoms with Crippen LogP contribution in [0.25, 0.3) is 0 Å². The van der Waals surface area contributed by atoms with Gasteiger partial charge < -0.3 is 10.4 Å². The molecule has 19 heavy (non-hydrogen) atoms. The lowest BCUT2D eigenvalue weighted by molar-refractivity contribution is 0.0732. The minimum Gasteiger partial charge on any atom is -0.394 e. The van der Waals surface area contributed by atoms with Gasteiger partial charge in [-0.15, -0.1) is 0 Å². The van der Waals surface area contributed by atoms with Gasteiger partial charge in [-0.05, 0) is 39.7 Å². The Balaban J connectivity index is 1.85. The number of likely N-dealkylation sites (N-methyl/N-ethyl adjacent to an activating group) is 1. The maximum Gasteiger partial charge on any atom is 0.0613 e. The molecule has 0 aromatic carbocycles. The monoisotopic (exact) mass is 269 g/mol. The highest BCUT2D eigenvalue weighted by Crippen LogP contribution is 2.33. The molecule has 1 saturated heterocycles. The number of hydrogen-bond acceptors (Lipinski definition) is 4. The van der Waals surface area contributed by atoms with Gasteiger partial charge in [0.25, 0.3) is 0 Å². The zero-order valence-corrected chi connectivity index (χ0v) is 12.9. The summed E-state index contributed by atoms with van der Waals surface area (Å²) in [5.41, 5.74) is -0.00536. The van der Waals surface area contributed by atoms with E-state index in [0.717, 1.165) is 19.4 Å². The van der Waals surface area contributed by atoms with E-state index < -0.39 is 0 Å². The van der Waals surface area contributed by atoms with E-state index in [9.17, 15) is 5.11 Å². The van der Waals surface area contributed by atoms with E-state index >= 15 is 0 Å². The molecule has 1 heterocycles. The van der Waals surface area contributed by atoms with Crippen LogP contribution in [-0.2, 0) is 0 Å². The van der Waals surface area contributed by atoms with Gasteiger partial charge in [-0.25, -0.2) is 0 Å². The predicted molar refractivity (Wildman–Crippen MR) is 79.4 cm³/mol. The number of hydrogen-bond donors (Lipinski definition) is 2. The molecule has 2 rings (SSSR count). The summed E-state index contributed by atoms with van der Waals surface area (Å²) >= 11 is 0. The zero-order chi connectivity index (χ0) is 13.9. The normalized spacial score (nSPS) is 34.3. The average Bonchev–Trinajstić information content (AvgIpc) is 2.84. The molecule has 2 atom stereocenters. The van der Waals surface area contributed by atoms with E-state index in [1.54, 1.807) is 0 Å². The van der Waals surface area contributed by atoms with E-state index in [4.69, 9.17) is 0 Å². The summed E-state index contributed by atoms with van der Waals surface area (Å²) in [6.45, 7) is 12.7. The lowest BCUT2D eigenvalue weighted by atomic mass is 9.98. The third kappa shape index (κ3) is 3.48. The Morgan fingerprint density at radius 2 is 1.95 bits per heavy atom. The molecule has 4 nitrogen and oxygen atoms in total. The number of nitrogens with zero attached hydrogens (tertiary/aromatic N) is 2. The van der Waals surface area contributed by atoms with Crippen molar-refractivity contribution in [1.82, 2.24) is 15.1 Å². The van der Waals surface area contributed by atoms with E-state index in [1.807, 2.05) is 0 Å². The first-order valence-corrected chi connectivity index (χ1v) is 7.94. The van der Waals surface area contributed by atoms with Crippen molar-refractivity contribution in [3.8, 4) is 0 Å². The van der Waals surface area contributed by atoms with Crippen molar-refractivity contribution in [2.45, 2.75) is 57.7 Å². The second-order valence-electron chi connectivity index (χ2n) is 6.53. The first-order valence-electron chi connectivity index (χ1n) is 7.94. The van der Waals surface area contributed by atoms with Crippen LogP contribution in [-0.4, -0.2) is 71.9 Å². The summed E-state index contributed by atoms with van der Waals surface area (Å²) in [5, 5.41) is 13.2. The molecule has 2 N–H and O–H groups in total. The summed E-state index contributed by atoms with van der Waals surface area (Å²) < 4.78 is 0. The fourth-order valence-corrected chi connectivity index (χ4v) is 3.76. The molecule has 2 aliphatic rings. The highest BCUT2D eigenvalue weighted by atomic mass is 16.3. The molecular weight excluding hydrogens is 238 g/mol. The molecule has 4 heteroatoms. The number of rotatable bonds is 5. The Kier molecular flexibility index (Phi) is 5.23. The second-order valence-corrected chi connectivity index (χ2v) is 6.53. The van der Waals surface area contributed by atoms with Crippen LogP contribution >= 0.6 is 0 Å². The first kappa shape index (κ1) is 15.2. The Morgan fingerprint density at radius 1 is 1.26 bits per heavy atom. The maximum atomic E-state index is 9.69. The van der Waals surface area contributed by atoms with E-state index in [2.05, 4.69) is 35.9 Å². The van der Waals surface area contributed by atoms with Gasteiger partial charge in [0, 0.05) is 43.8 Å². The molecule has 1 aliphatic carbocycles. The van der Waals surface area contributed by atoms with Crippen molar-refractivity contribution in [2.75, 3.05) is 39.3 Å². The van der Waals surface area contributed by atoms with Gasteiger partial charge in [-0.2, -0.15) is 0 Å². The molecule has 112 valence electrons. The summed E-state index contributed by atoms with van der Waals surface area (Å²) in [7, 11) is 0. The number of piperazine rings is 1. The van der Waals surface area contributed by atoms with Crippen molar-refractivity contribution in [2.24, 2.45) is 0 Å². The highest BCUT2D eigenvalue weighted by Gasteiger charge is 2.40. The summed E-state index contributed by atoms with van der Waals surface area (Å²) in [5.74, 6) is 0. The molecule has 2 unspecified atom stereocenters. The van der Waals surface area contributed by atoms with Crippen LogP contribution in [0.3, 0.4) is 0 Å². The van der Waals surface area contributed by atoms with E-state index in [1.165, 1.54) is 32.6 Å². The van der Waals surface area contributed by atoms with Crippen LogP contribution in [0.1, 0.15) is 40.0 Å². The van der Waals surface area contributed by atoms with Gasteiger partial charge in [0.05, 0.1) is 6.61 Å². The van der Waals surface area contributed by atoms with Crippen LogP contribution in [0.4, 0.5) is 0 Å². The van der Waals surface area contributed by atoms with Crippen LogP contribution in [0.5, 0.6) is 0 Å². The SMILES string of the molecule is CCNC1(CO)CCC(N2CCN(C(C)C)CC2)C1. The quantitative estimate of drug-likeness (QED) is 0.778. The summed E-state index contributed by atoms with van der Waals surface area (Å²) in [6.07, 6.45) is 3.46. The largest absolute Gasteiger partial charge is 0.394 e. The van der Waals surface area contributed by atoms with Gasteiger partial charge in [0.2, 0.25) is 0 Å². The molecule has 0 bridgehead atoms. The minimum atomic E-state index is -0.00536. The van der Waals surface area contributed by atoms with Crippen LogP contribution in [0, 0.1) is 0 Å². The van der Waals surface area contributed by atoms with E-state index in [0.29, 0.717) is 12.1 Å². The molecule has 0 amide bonds. The number of aliphatic hydroxyl groups is 1. The fraction of sp³-hybridized carbons (Fsp3) is 1.00. The minimum absolute atomic E-state index is 0.00536. The van der Waals surface area contributed by atoms with E-state index in [-0.39, 0.29) is 12.1 Å². The number of nitrogens with one attached hydrogen (secondary N) is 1. The molecular formula is C15H31N3O. The van der Waals surface area contributed by atoms with Crippen LogP contribution < -0.4 is 5.32 Å². The fourth-order valence-electron chi connectivity index (χ4n) is 3.76. The maximum absolute atomic E-state index is 9.69. The van der Waals surface area contributed by atoms with Crippen molar-refractivity contribution in [1.29, 1.82) is 0 Å². The first-order chi connectivity index (χ1) is 9.10. The summed E-state index contributed by atoms with van der Waals surface area (Å²) in [4.78, 5) is 5.21. The Hall–Kier alpha value is -0.160. The van der Waals surface area contributed by atoms with Crippen molar-refractivity contribution < 1.29 is 5.11 Å². The topological polar surface area (TPSA) is 38.7 Å². The molecule has 0 spiro atoms. The lowest BCUT2D eigenvalue weighted by Gasteiger charge is -2.40. The van der Waals surface area contributed by atoms with Crippen molar-refractivity contribution in [3.05, 3.63) is 0 Å². The smallest absolute Gasteiger partial charge is 0.0613 e. The Labute approximate surface area is 118 Å². The molecule has 1 aliphatic heterocycles. The van der Waals surface area contributed by atoms with Crippen molar-refractivity contribution >= 4 is 0 Å². The van der Waals surface area contributed by atoms with Gasteiger partial charge in [0.15, 0.2) is 0 Å². The van der Waals surface area contributed by atoms with Gasteiger partial charge in [-0.3, -0.25) is 9.80 Å². The Bertz CT molecular complexity index is 277. The third-order valence-electron chi connectivity index (χ3n) is 5.03. The van der Waals surface area contributed by atoms with Crippen LogP contribution in [0.15, 0.2) is 0 Å². The molecule has 2 fully saturated rings. The summed E-state index contributed by atoms with van der Waals surface area (Å²) in [6, 6.07) is 1.34. The molecule has 0 aromatic rings. The van der Waals surface area contributed by atoms with Crippen LogP contribution in [0.2, 0.25) is 0 Å². The predicted octanol–water partition coefficient (Wildman–Crippen LogP) is 0.906.